The fourth-order valence-electron chi connectivity index (χ4n) is 11.4. The molecule has 0 spiro atoms. The molecule has 41 heavy (non-hydrogen) atoms. The topological polar surface area (TPSA) is 63.6 Å². The Bertz CT molecular complexity index is 1260. The average molecular weight is 561 g/mol. The quantitative estimate of drug-likeness (QED) is 0.300. The van der Waals surface area contributed by atoms with E-state index in [1.807, 2.05) is 30.3 Å². The van der Waals surface area contributed by atoms with Crippen LogP contribution in [-0.2, 0) is 20.9 Å². The number of ether oxygens (including phenoxy) is 1. The number of allylic oxidation sites excluding steroid dienone is 2. The van der Waals surface area contributed by atoms with Crippen LogP contribution in [0.4, 0.5) is 0 Å². The molecule has 0 amide bonds. The summed E-state index contributed by atoms with van der Waals surface area (Å²) in [5.41, 5.74) is 1.74. The number of Topliss-reactive ketones (excluding diaryl/α,β-unsaturated/α-hetero) is 1. The Kier molecular flexibility index (Phi) is 6.60. The van der Waals surface area contributed by atoms with Gasteiger partial charge in [-0.3, -0.25) is 9.59 Å². The van der Waals surface area contributed by atoms with Gasteiger partial charge in [-0.05, 0) is 103 Å². The van der Waals surface area contributed by atoms with Crippen LogP contribution in [0.25, 0.3) is 0 Å². The highest BCUT2D eigenvalue weighted by Gasteiger charge is 2.70. The van der Waals surface area contributed by atoms with Crippen molar-refractivity contribution in [2.24, 2.45) is 50.2 Å². The van der Waals surface area contributed by atoms with E-state index in [9.17, 15) is 14.7 Å². The van der Waals surface area contributed by atoms with Crippen LogP contribution < -0.4 is 0 Å². The normalized spacial score (nSPS) is 44.4. The zero-order valence-electron chi connectivity index (χ0n) is 26.5. The van der Waals surface area contributed by atoms with E-state index in [0.29, 0.717) is 18.9 Å². The number of carbonyl (C=O) groups is 2. The molecule has 0 radical (unpaired) electrons. The second kappa shape index (κ2) is 9.28. The minimum atomic E-state index is -0.871. The van der Waals surface area contributed by atoms with Crippen molar-refractivity contribution in [2.45, 2.75) is 119 Å². The number of ketones is 1. The highest BCUT2D eigenvalue weighted by molar-refractivity contribution is 5.89. The summed E-state index contributed by atoms with van der Waals surface area (Å²) in [7, 11) is 0. The van der Waals surface area contributed by atoms with Crippen LogP contribution in [-0.4, -0.2) is 23.0 Å². The van der Waals surface area contributed by atoms with Crippen molar-refractivity contribution in [3.05, 3.63) is 47.5 Å². The molecule has 0 aliphatic heterocycles. The molecule has 6 rings (SSSR count). The smallest absolute Gasteiger partial charge is 0.313 e. The molecule has 1 N–H and O–H groups in total. The third kappa shape index (κ3) is 4.01. The van der Waals surface area contributed by atoms with Gasteiger partial charge in [0, 0.05) is 5.41 Å². The number of aliphatic hydroxyl groups is 1. The molecule has 0 aromatic heterocycles. The van der Waals surface area contributed by atoms with Gasteiger partial charge in [0.2, 0.25) is 0 Å². The SMILES string of the molecule is CC1(C)CC[C@]2(C(=O)OCc3ccccc3)CC[C@]3(C)C(=CC[C@@H]4[C@@]5(C)C[C@@H](O)C(=O)C(C)(C)[C@@H]5CC[C@]43C)[C@@H]2C1. The van der Waals surface area contributed by atoms with E-state index in [0.717, 1.165) is 56.9 Å². The molecule has 0 unspecified atom stereocenters. The Labute approximate surface area is 247 Å². The van der Waals surface area contributed by atoms with Gasteiger partial charge < -0.3 is 9.84 Å². The van der Waals surface area contributed by atoms with E-state index >= 15 is 0 Å². The standard InChI is InChI=1S/C37H52O4/c1-32(2)17-19-37(31(40)41-23-24-11-9-8-10-12-24)20-18-35(6)25(26(37)21-32)13-14-29-34(5)22-27(38)30(39)33(3,4)28(34)15-16-36(29,35)7/h8-13,26-29,38H,14-23H2,1-7H3/t26-,27+,28-,29+,34-,35+,36+,37-/m0/s1. The average Bonchev–Trinajstić information content (AvgIpc) is 2.91. The summed E-state index contributed by atoms with van der Waals surface area (Å²) in [4.78, 5) is 27.3. The Morgan fingerprint density at radius 3 is 2.29 bits per heavy atom. The maximum atomic E-state index is 14.1. The highest BCUT2D eigenvalue weighted by atomic mass is 16.5. The van der Waals surface area contributed by atoms with Crippen molar-refractivity contribution < 1.29 is 19.4 Å². The lowest BCUT2D eigenvalue weighted by atomic mass is 9.33. The summed E-state index contributed by atoms with van der Waals surface area (Å²) >= 11 is 0. The first-order valence-corrected chi connectivity index (χ1v) is 16.2. The van der Waals surface area contributed by atoms with Crippen LogP contribution in [0.3, 0.4) is 0 Å². The predicted octanol–water partition coefficient (Wildman–Crippen LogP) is 8.07. The Balaban J connectivity index is 1.38. The van der Waals surface area contributed by atoms with Gasteiger partial charge >= 0.3 is 5.97 Å². The van der Waals surface area contributed by atoms with Gasteiger partial charge in [-0.15, -0.1) is 0 Å². The number of carbonyl (C=O) groups excluding carboxylic acids is 2. The van der Waals surface area contributed by atoms with E-state index in [1.54, 1.807) is 0 Å². The largest absolute Gasteiger partial charge is 0.460 e. The van der Waals surface area contributed by atoms with Crippen LogP contribution in [0.15, 0.2) is 42.0 Å². The maximum Gasteiger partial charge on any atom is 0.313 e. The molecule has 1 aromatic rings. The molecule has 4 heteroatoms. The van der Waals surface area contributed by atoms with Crippen molar-refractivity contribution in [3.8, 4) is 0 Å². The number of hydrogen-bond acceptors (Lipinski definition) is 4. The summed E-state index contributed by atoms with van der Waals surface area (Å²) in [5, 5.41) is 11.0. The fraction of sp³-hybridized carbons (Fsp3) is 0.730. The van der Waals surface area contributed by atoms with E-state index in [2.05, 4.69) is 54.5 Å². The number of fused-ring (bicyclic) bond motifs is 7. The van der Waals surface area contributed by atoms with Gasteiger partial charge in [0.05, 0.1) is 5.41 Å². The van der Waals surface area contributed by atoms with Crippen molar-refractivity contribution in [3.63, 3.8) is 0 Å². The fourth-order valence-corrected chi connectivity index (χ4v) is 11.4. The van der Waals surface area contributed by atoms with E-state index in [1.165, 1.54) is 5.57 Å². The molecule has 5 aliphatic rings. The number of esters is 1. The van der Waals surface area contributed by atoms with Gasteiger partial charge in [0.15, 0.2) is 5.78 Å². The van der Waals surface area contributed by atoms with Crippen LogP contribution >= 0.6 is 0 Å². The third-order valence-electron chi connectivity index (χ3n) is 14.0. The first-order chi connectivity index (χ1) is 19.1. The van der Waals surface area contributed by atoms with E-state index in [4.69, 9.17) is 4.74 Å². The summed E-state index contributed by atoms with van der Waals surface area (Å²) in [6.07, 6.45) is 10.2. The Hall–Kier alpha value is -1.94. The van der Waals surface area contributed by atoms with Gasteiger partial charge in [-0.1, -0.05) is 90.4 Å². The second-order valence-electron chi connectivity index (χ2n) is 16.7. The molecule has 4 fully saturated rings. The highest BCUT2D eigenvalue weighted by Crippen LogP contribution is 2.75. The van der Waals surface area contributed by atoms with E-state index in [-0.39, 0.29) is 45.2 Å². The van der Waals surface area contributed by atoms with Gasteiger partial charge in [-0.25, -0.2) is 0 Å². The first kappa shape index (κ1) is 29.1. The predicted molar refractivity (Wildman–Crippen MR) is 162 cm³/mol. The molecule has 8 atom stereocenters. The summed E-state index contributed by atoms with van der Waals surface area (Å²) < 4.78 is 6.15. The summed E-state index contributed by atoms with van der Waals surface area (Å²) in [5.74, 6) is 0.920. The van der Waals surface area contributed by atoms with Crippen LogP contribution in [0.1, 0.15) is 112 Å². The van der Waals surface area contributed by atoms with Crippen LogP contribution in [0, 0.1) is 50.2 Å². The Morgan fingerprint density at radius 1 is 0.902 bits per heavy atom. The second-order valence-corrected chi connectivity index (χ2v) is 16.7. The monoisotopic (exact) mass is 560 g/mol. The van der Waals surface area contributed by atoms with Gasteiger partial charge in [0.25, 0.3) is 0 Å². The van der Waals surface area contributed by atoms with Gasteiger partial charge in [0.1, 0.15) is 12.7 Å². The molecule has 5 aliphatic carbocycles. The number of hydrogen-bond donors (Lipinski definition) is 1. The molecular formula is C37H52O4. The minimum absolute atomic E-state index is 0.00316. The third-order valence-corrected chi connectivity index (χ3v) is 14.0. The lowest BCUT2D eigenvalue weighted by Crippen LogP contribution is -2.66. The zero-order valence-corrected chi connectivity index (χ0v) is 26.5. The number of rotatable bonds is 3. The van der Waals surface area contributed by atoms with Crippen LogP contribution in [0.5, 0.6) is 0 Å². The van der Waals surface area contributed by atoms with E-state index < -0.39 is 16.9 Å². The summed E-state index contributed by atoms with van der Waals surface area (Å²) in [6.45, 7) is 16.7. The number of aliphatic hydroxyl groups excluding tert-OH is 1. The summed E-state index contributed by atoms with van der Waals surface area (Å²) in [6, 6.07) is 10.1. The number of benzene rings is 1. The van der Waals surface area contributed by atoms with Crippen molar-refractivity contribution in [2.75, 3.05) is 0 Å². The molecule has 4 nitrogen and oxygen atoms in total. The molecule has 0 bridgehead atoms. The molecule has 224 valence electrons. The lowest BCUT2D eigenvalue weighted by Gasteiger charge is -2.70. The van der Waals surface area contributed by atoms with Crippen molar-refractivity contribution >= 4 is 11.8 Å². The molecule has 0 saturated heterocycles. The van der Waals surface area contributed by atoms with Crippen molar-refractivity contribution in [1.29, 1.82) is 0 Å². The van der Waals surface area contributed by atoms with Crippen LogP contribution in [0.2, 0.25) is 0 Å². The maximum absolute atomic E-state index is 14.1. The minimum Gasteiger partial charge on any atom is -0.460 e. The first-order valence-electron chi connectivity index (χ1n) is 16.2. The Morgan fingerprint density at radius 2 is 1.59 bits per heavy atom. The molecule has 1 aromatic carbocycles. The zero-order chi connectivity index (χ0) is 29.6. The molecule has 4 saturated carbocycles. The van der Waals surface area contributed by atoms with Gasteiger partial charge in [-0.2, -0.15) is 0 Å². The molecule has 0 heterocycles. The lowest BCUT2D eigenvalue weighted by molar-refractivity contribution is -0.201. The van der Waals surface area contributed by atoms with Crippen molar-refractivity contribution in [1.82, 2.24) is 0 Å². The molecular weight excluding hydrogens is 508 g/mol.